The van der Waals surface area contributed by atoms with Crippen molar-refractivity contribution in [2.24, 2.45) is 16.8 Å². The molecule has 136 valence electrons. The second kappa shape index (κ2) is 12.3. The SMILES string of the molecule is CCC1CCC(CNC(=NC)NCCN2CCOCC2)CC1.I. The van der Waals surface area contributed by atoms with Crippen molar-refractivity contribution in [3.05, 3.63) is 0 Å². The van der Waals surface area contributed by atoms with Gasteiger partial charge in [-0.05, 0) is 24.7 Å². The van der Waals surface area contributed by atoms with E-state index >= 15 is 0 Å². The number of hydrogen-bond acceptors (Lipinski definition) is 3. The van der Waals surface area contributed by atoms with Crippen LogP contribution >= 0.6 is 24.0 Å². The zero-order valence-corrected chi connectivity index (χ0v) is 17.2. The van der Waals surface area contributed by atoms with Crippen LogP contribution in [-0.2, 0) is 4.74 Å². The standard InChI is InChI=1S/C17H34N4O.HI/c1-3-15-4-6-16(7-5-15)14-20-17(18-2)19-8-9-21-10-12-22-13-11-21;/h15-16H,3-14H2,1-2H3,(H2,18,19,20);1H. The molecule has 0 bridgehead atoms. The number of nitrogens with one attached hydrogen (secondary N) is 2. The average molecular weight is 438 g/mol. The highest BCUT2D eigenvalue weighted by atomic mass is 127. The number of morpholine rings is 1. The highest BCUT2D eigenvalue weighted by molar-refractivity contribution is 14.0. The molecule has 0 aromatic carbocycles. The molecule has 0 spiro atoms. The average Bonchev–Trinajstić information content (AvgIpc) is 2.59. The van der Waals surface area contributed by atoms with Crippen LogP contribution in [0, 0.1) is 11.8 Å². The van der Waals surface area contributed by atoms with Crippen LogP contribution in [0.15, 0.2) is 4.99 Å². The van der Waals surface area contributed by atoms with Crippen LogP contribution in [0.4, 0.5) is 0 Å². The van der Waals surface area contributed by atoms with Gasteiger partial charge >= 0.3 is 0 Å². The molecule has 0 amide bonds. The number of rotatable bonds is 6. The summed E-state index contributed by atoms with van der Waals surface area (Å²) < 4.78 is 5.37. The Kier molecular flexibility index (Phi) is 11.2. The van der Waals surface area contributed by atoms with Crippen molar-refractivity contribution < 1.29 is 4.74 Å². The number of hydrogen-bond donors (Lipinski definition) is 2. The van der Waals surface area contributed by atoms with Crippen molar-refractivity contribution in [3.63, 3.8) is 0 Å². The maximum atomic E-state index is 5.37. The largest absolute Gasteiger partial charge is 0.379 e. The van der Waals surface area contributed by atoms with Crippen LogP contribution in [0.5, 0.6) is 0 Å². The highest BCUT2D eigenvalue weighted by Gasteiger charge is 2.20. The third-order valence-corrected chi connectivity index (χ3v) is 5.15. The highest BCUT2D eigenvalue weighted by Crippen LogP contribution is 2.29. The Morgan fingerprint density at radius 3 is 2.35 bits per heavy atom. The van der Waals surface area contributed by atoms with E-state index in [1.165, 1.54) is 32.1 Å². The van der Waals surface area contributed by atoms with Crippen molar-refractivity contribution in [1.82, 2.24) is 15.5 Å². The predicted molar refractivity (Wildman–Crippen MR) is 108 cm³/mol. The van der Waals surface area contributed by atoms with Crippen molar-refractivity contribution in [3.8, 4) is 0 Å². The first-order valence-corrected chi connectivity index (χ1v) is 9.06. The van der Waals surface area contributed by atoms with Crippen molar-refractivity contribution in [2.45, 2.75) is 39.0 Å². The number of ether oxygens (including phenoxy) is 1. The lowest BCUT2D eigenvalue weighted by Gasteiger charge is -2.29. The van der Waals surface area contributed by atoms with Gasteiger partial charge in [-0.3, -0.25) is 9.89 Å². The summed E-state index contributed by atoms with van der Waals surface area (Å²) in [6.07, 6.45) is 6.91. The Hall–Kier alpha value is -0.0800. The zero-order chi connectivity index (χ0) is 15.6. The number of aliphatic imine (C=N–C) groups is 1. The van der Waals surface area contributed by atoms with E-state index in [4.69, 9.17) is 4.74 Å². The molecule has 1 saturated heterocycles. The summed E-state index contributed by atoms with van der Waals surface area (Å²) in [5, 5.41) is 6.94. The lowest BCUT2D eigenvalue weighted by molar-refractivity contribution is 0.0389. The molecule has 1 heterocycles. The van der Waals surface area contributed by atoms with E-state index in [1.807, 2.05) is 7.05 Å². The minimum absolute atomic E-state index is 0. The molecular formula is C17H35IN4O. The van der Waals surface area contributed by atoms with E-state index in [9.17, 15) is 0 Å². The first kappa shape index (κ1) is 21.0. The molecular weight excluding hydrogens is 403 g/mol. The fraction of sp³-hybridized carbons (Fsp3) is 0.941. The van der Waals surface area contributed by atoms with Gasteiger partial charge in [-0.1, -0.05) is 26.2 Å². The molecule has 0 atom stereocenters. The summed E-state index contributed by atoms with van der Waals surface area (Å²) in [6, 6.07) is 0. The lowest BCUT2D eigenvalue weighted by atomic mass is 9.81. The van der Waals surface area contributed by atoms with Crippen molar-refractivity contribution in [1.29, 1.82) is 0 Å². The molecule has 0 aromatic rings. The van der Waals surface area contributed by atoms with Crippen LogP contribution in [0.2, 0.25) is 0 Å². The Balaban J connectivity index is 0.00000264. The normalized spacial score (nSPS) is 26.4. The summed E-state index contributed by atoms with van der Waals surface area (Å²) in [7, 11) is 1.86. The van der Waals surface area contributed by atoms with E-state index in [0.717, 1.165) is 63.7 Å². The number of halogens is 1. The van der Waals surface area contributed by atoms with Gasteiger partial charge < -0.3 is 15.4 Å². The Bertz CT molecular complexity index is 327. The summed E-state index contributed by atoms with van der Waals surface area (Å²) in [4.78, 5) is 6.78. The predicted octanol–water partition coefficient (Wildman–Crippen LogP) is 2.32. The fourth-order valence-corrected chi connectivity index (χ4v) is 3.46. The third kappa shape index (κ3) is 8.03. The van der Waals surface area contributed by atoms with Gasteiger partial charge in [-0.15, -0.1) is 24.0 Å². The van der Waals surface area contributed by atoms with Crippen LogP contribution in [0.1, 0.15) is 39.0 Å². The van der Waals surface area contributed by atoms with Gasteiger partial charge in [0.25, 0.3) is 0 Å². The maximum Gasteiger partial charge on any atom is 0.191 e. The minimum Gasteiger partial charge on any atom is -0.379 e. The van der Waals surface area contributed by atoms with Gasteiger partial charge in [0.2, 0.25) is 0 Å². The molecule has 0 aromatic heterocycles. The molecule has 23 heavy (non-hydrogen) atoms. The summed E-state index contributed by atoms with van der Waals surface area (Å²) >= 11 is 0. The molecule has 1 aliphatic heterocycles. The fourth-order valence-electron chi connectivity index (χ4n) is 3.46. The first-order chi connectivity index (χ1) is 10.8. The van der Waals surface area contributed by atoms with Gasteiger partial charge in [0.1, 0.15) is 0 Å². The van der Waals surface area contributed by atoms with Gasteiger partial charge in [0, 0.05) is 39.8 Å². The van der Waals surface area contributed by atoms with Gasteiger partial charge in [0.05, 0.1) is 13.2 Å². The minimum atomic E-state index is 0. The molecule has 1 saturated carbocycles. The molecule has 1 aliphatic carbocycles. The molecule has 0 unspecified atom stereocenters. The van der Waals surface area contributed by atoms with E-state index in [0.29, 0.717) is 0 Å². The molecule has 2 N–H and O–H groups in total. The Morgan fingerprint density at radius 2 is 1.74 bits per heavy atom. The monoisotopic (exact) mass is 438 g/mol. The third-order valence-electron chi connectivity index (χ3n) is 5.15. The number of nitrogens with zero attached hydrogens (tertiary/aromatic N) is 2. The molecule has 2 fully saturated rings. The van der Waals surface area contributed by atoms with E-state index in [2.05, 4.69) is 27.4 Å². The molecule has 6 heteroatoms. The van der Waals surface area contributed by atoms with Gasteiger partial charge in [0.15, 0.2) is 5.96 Å². The second-order valence-corrected chi connectivity index (χ2v) is 6.63. The lowest BCUT2D eigenvalue weighted by Crippen LogP contribution is -2.45. The zero-order valence-electron chi connectivity index (χ0n) is 14.9. The summed E-state index contributed by atoms with van der Waals surface area (Å²) in [5.41, 5.74) is 0. The Labute approximate surface area is 159 Å². The van der Waals surface area contributed by atoms with Crippen molar-refractivity contribution in [2.75, 3.05) is 53.0 Å². The molecule has 0 radical (unpaired) electrons. The number of guanidine groups is 1. The van der Waals surface area contributed by atoms with Crippen LogP contribution in [0.25, 0.3) is 0 Å². The van der Waals surface area contributed by atoms with Crippen LogP contribution in [0.3, 0.4) is 0 Å². The maximum absolute atomic E-state index is 5.37. The molecule has 2 rings (SSSR count). The summed E-state index contributed by atoms with van der Waals surface area (Å²) in [6.45, 7) is 9.23. The first-order valence-electron chi connectivity index (χ1n) is 9.06. The van der Waals surface area contributed by atoms with Gasteiger partial charge in [-0.25, -0.2) is 0 Å². The van der Waals surface area contributed by atoms with Gasteiger partial charge in [-0.2, -0.15) is 0 Å². The van der Waals surface area contributed by atoms with E-state index in [-0.39, 0.29) is 24.0 Å². The smallest absolute Gasteiger partial charge is 0.191 e. The quantitative estimate of drug-likeness (QED) is 0.380. The second-order valence-electron chi connectivity index (χ2n) is 6.63. The topological polar surface area (TPSA) is 48.9 Å². The summed E-state index contributed by atoms with van der Waals surface area (Å²) in [5.74, 6) is 2.74. The van der Waals surface area contributed by atoms with Crippen LogP contribution in [-0.4, -0.2) is 63.8 Å². The van der Waals surface area contributed by atoms with E-state index < -0.39 is 0 Å². The van der Waals surface area contributed by atoms with E-state index in [1.54, 1.807) is 0 Å². The molecule has 2 aliphatic rings. The Morgan fingerprint density at radius 1 is 1.09 bits per heavy atom. The van der Waals surface area contributed by atoms with Crippen molar-refractivity contribution >= 4 is 29.9 Å². The van der Waals surface area contributed by atoms with Crippen LogP contribution < -0.4 is 10.6 Å². The molecule has 5 nitrogen and oxygen atoms in total.